The molecular weight excluding hydrogens is 450 g/mol. The summed E-state index contributed by atoms with van der Waals surface area (Å²) < 4.78 is 2.35. The zero-order chi connectivity index (χ0) is 23.6. The Kier molecular flexibility index (Phi) is 7.24. The molecule has 1 amide bonds. The molecule has 3 aromatic rings. The molecule has 8 heteroatoms. The molecule has 2 aromatic heterocycles. The maximum Gasteiger partial charge on any atom is 0.228 e. The second-order valence-corrected chi connectivity index (χ2v) is 11.8. The van der Waals surface area contributed by atoms with Gasteiger partial charge in [-0.1, -0.05) is 69.6 Å². The molecule has 0 N–H and O–H groups in total. The molecule has 0 spiro atoms. The molecule has 4 rings (SSSR count). The molecule has 6 nitrogen and oxygen atoms in total. The third kappa shape index (κ3) is 5.66. The van der Waals surface area contributed by atoms with Gasteiger partial charge < -0.3 is 4.90 Å². The van der Waals surface area contributed by atoms with Crippen molar-refractivity contribution in [3.63, 3.8) is 0 Å². The maximum absolute atomic E-state index is 12.0. The fourth-order valence-electron chi connectivity index (χ4n) is 4.11. The summed E-state index contributed by atoms with van der Waals surface area (Å²) in [5, 5.41) is 13.1. The molecule has 1 fully saturated rings. The lowest BCUT2D eigenvalue weighted by molar-refractivity contribution is -0.127. The minimum Gasteiger partial charge on any atom is -0.348 e. The minimum atomic E-state index is 0.0756. The van der Waals surface area contributed by atoms with Crippen LogP contribution >= 0.6 is 23.1 Å². The molecule has 1 aliphatic carbocycles. The molecule has 176 valence electrons. The van der Waals surface area contributed by atoms with E-state index in [-0.39, 0.29) is 11.3 Å². The Labute approximate surface area is 204 Å². The largest absolute Gasteiger partial charge is 0.348 e. The van der Waals surface area contributed by atoms with E-state index in [0.717, 1.165) is 33.0 Å². The highest BCUT2D eigenvalue weighted by atomic mass is 32.2. The van der Waals surface area contributed by atoms with Gasteiger partial charge in [0.05, 0.1) is 12.1 Å². The number of hydrogen-bond acceptors (Lipinski definition) is 6. The van der Waals surface area contributed by atoms with Crippen molar-refractivity contribution in [2.75, 3.05) is 14.1 Å². The molecule has 0 saturated heterocycles. The number of thioether (sulfide) groups is 1. The van der Waals surface area contributed by atoms with E-state index in [0.29, 0.717) is 12.5 Å². The molecule has 1 aliphatic rings. The van der Waals surface area contributed by atoms with Crippen LogP contribution in [0.15, 0.2) is 34.8 Å². The summed E-state index contributed by atoms with van der Waals surface area (Å²) >= 11 is 3.24. The van der Waals surface area contributed by atoms with E-state index in [2.05, 4.69) is 64.8 Å². The summed E-state index contributed by atoms with van der Waals surface area (Å²) in [6.07, 6.45) is 5.21. The first kappa shape index (κ1) is 24.0. The Morgan fingerprint density at radius 1 is 1.15 bits per heavy atom. The molecule has 2 heterocycles. The third-order valence-electron chi connectivity index (χ3n) is 6.11. The van der Waals surface area contributed by atoms with Gasteiger partial charge in [-0.25, -0.2) is 4.98 Å². The van der Waals surface area contributed by atoms with Crippen LogP contribution in [-0.4, -0.2) is 44.7 Å². The highest BCUT2D eigenvalue weighted by Crippen LogP contribution is 2.37. The van der Waals surface area contributed by atoms with Crippen LogP contribution in [0, 0.1) is 0 Å². The highest BCUT2D eigenvalue weighted by Gasteiger charge is 2.25. The van der Waals surface area contributed by atoms with Crippen LogP contribution < -0.4 is 0 Å². The predicted octanol–water partition coefficient (Wildman–Crippen LogP) is 5.74. The number of thiazole rings is 1. The van der Waals surface area contributed by atoms with E-state index >= 15 is 0 Å². The average Bonchev–Trinajstić information content (AvgIpc) is 3.52. The Balaban J connectivity index is 1.54. The second kappa shape index (κ2) is 9.97. The molecule has 33 heavy (non-hydrogen) atoms. The van der Waals surface area contributed by atoms with Gasteiger partial charge in [0.1, 0.15) is 5.01 Å². The van der Waals surface area contributed by atoms with Crippen LogP contribution in [0.5, 0.6) is 0 Å². The van der Waals surface area contributed by atoms with Crippen LogP contribution in [0.4, 0.5) is 0 Å². The smallest absolute Gasteiger partial charge is 0.228 e. The van der Waals surface area contributed by atoms with E-state index in [9.17, 15) is 4.79 Å². The van der Waals surface area contributed by atoms with Gasteiger partial charge in [0.2, 0.25) is 5.91 Å². The number of hydrogen-bond donors (Lipinski definition) is 0. The van der Waals surface area contributed by atoms with Crippen molar-refractivity contribution in [1.82, 2.24) is 24.6 Å². The molecule has 0 radical (unpaired) electrons. The van der Waals surface area contributed by atoms with Gasteiger partial charge in [0, 0.05) is 36.8 Å². The van der Waals surface area contributed by atoms with E-state index < -0.39 is 0 Å². The molecule has 1 aromatic carbocycles. The van der Waals surface area contributed by atoms with Crippen LogP contribution in [0.1, 0.15) is 68.8 Å². The quantitative estimate of drug-likeness (QED) is 0.401. The van der Waals surface area contributed by atoms with Crippen molar-refractivity contribution in [3.8, 4) is 11.4 Å². The number of amides is 1. The Bertz CT molecular complexity index is 1090. The monoisotopic (exact) mass is 483 g/mol. The first-order valence-electron chi connectivity index (χ1n) is 11.5. The van der Waals surface area contributed by atoms with Gasteiger partial charge in [-0.15, -0.1) is 21.5 Å². The predicted molar refractivity (Wildman–Crippen MR) is 136 cm³/mol. The van der Waals surface area contributed by atoms with Crippen molar-refractivity contribution < 1.29 is 4.79 Å². The molecule has 0 unspecified atom stereocenters. The number of carbonyl (C=O) groups is 1. The summed E-state index contributed by atoms with van der Waals surface area (Å²) in [4.78, 5) is 18.2. The first-order chi connectivity index (χ1) is 15.7. The van der Waals surface area contributed by atoms with Crippen molar-refractivity contribution >= 4 is 29.0 Å². The molecule has 0 aliphatic heterocycles. The summed E-state index contributed by atoms with van der Waals surface area (Å²) in [5.41, 5.74) is 3.55. The van der Waals surface area contributed by atoms with Crippen LogP contribution in [0.25, 0.3) is 11.4 Å². The number of benzene rings is 1. The Morgan fingerprint density at radius 3 is 2.48 bits per heavy atom. The normalized spacial score (nSPS) is 14.7. The average molecular weight is 484 g/mol. The lowest BCUT2D eigenvalue weighted by Crippen LogP contribution is -2.23. The number of rotatable bonds is 7. The van der Waals surface area contributed by atoms with Gasteiger partial charge in [-0.3, -0.25) is 9.36 Å². The summed E-state index contributed by atoms with van der Waals surface area (Å²) in [5.74, 6) is 1.76. The standard InChI is InChI=1S/C25H33N5OS2/c1-25(2,3)18-12-10-17(11-13-18)23-27-28-24(30(23)20-8-6-7-9-20)33-16-19-15-32-21(26-19)14-22(31)29(4)5/h10-13,15,20H,6-9,14,16H2,1-5H3. The number of nitrogens with zero attached hydrogens (tertiary/aromatic N) is 5. The van der Waals surface area contributed by atoms with Crippen LogP contribution in [0.3, 0.4) is 0 Å². The van der Waals surface area contributed by atoms with Crippen molar-refractivity contribution in [2.24, 2.45) is 0 Å². The van der Waals surface area contributed by atoms with Crippen molar-refractivity contribution in [1.29, 1.82) is 0 Å². The van der Waals surface area contributed by atoms with Gasteiger partial charge in [0.25, 0.3) is 0 Å². The Morgan fingerprint density at radius 2 is 1.85 bits per heavy atom. The van der Waals surface area contributed by atoms with Gasteiger partial charge >= 0.3 is 0 Å². The summed E-state index contributed by atoms with van der Waals surface area (Å²) in [7, 11) is 3.55. The van der Waals surface area contributed by atoms with E-state index in [1.807, 2.05) is 5.38 Å². The number of likely N-dealkylation sites (N-methyl/N-ethyl adjacent to an activating group) is 1. The topological polar surface area (TPSA) is 63.9 Å². The second-order valence-electron chi connectivity index (χ2n) is 9.93. The number of carbonyl (C=O) groups excluding carboxylic acids is 1. The van der Waals surface area contributed by atoms with E-state index in [1.165, 1.54) is 31.2 Å². The SMILES string of the molecule is CN(C)C(=O)Cc1nc(CSc2nnc(-c3ccc(C(C)(C)C)cc3)n2C2CCCC2)cs1. The lowest BCUT2D eigenvalue weighted by Gasteiger charge is -2.20. The van der Waals surface area contributed by atoms with Gasteiger partial charge in [-0.2, -0.15) is 0 Å². The molecule has 1 saturated carbocycles. The summed E-state index contributed by atoms with van der Waals surface area (Å²) in [6.45, 7) is 6.70. The molecule has 0 bridgehead atoms. The molecule has 0 atom stereocenters. The van der Waals surface area contributed by atoms with Crippen molar-refractivity contribution in [3.05, 3.63) is 45.9 Å². The maximum atomic E-state index is 12.0. The summed E-state index contributed by atoms with van der Waals surface area (Å²) in [6, 6.07) is 9.23. The van der Waals surface area contributed by atoms with Crippen LogP contribution in [0.2, 0.25) is 0 Å². The highest BCUT2D eigenvalue weighted by molar-refractivity contribution is 7.98. The zero-order valence-electron chi connectivity index (χ0n) is 20.2. The Hall–Kier alpha value is -2.19. The number of aromatic nitrogens is 4. The zero-order valence-corrected chi connectivity index (χ0v) is 21.8. The van der Waals surface area contributed by atoms with Crippen LogP contribution in [-0.2, 0) is 22.4 Å². The minimum absolute atomic E-state index is 0.0756. The van der Waals surface area contributed by atoms with E-state index in [1.54, 1.807) is 42.1 Å². The lowest BCUT2D eigenvalue weighted by atomic mass is 9.86. The fraction of sp³-hybridized carbons (Fsp3) is 0.520. The van der Waals surface area contributed by atoms with Crippen molar-refractivity contribution in [2.45, 2.75) is 75.2 Å². The fourth-order valence-corrected chi connectivity index (χ4v) is 5.89. The van der Waals surface area contributed by atoms with E-state index in [4.69, 9.17) is 0 Å². The molecular formula is C25H33N5OS2. The third-order valence-corrected chi connectivity index (χ3v) is 7.99. The first-order valence-corrected chi connectivity index (χ1v) is 13.4. The van der Waals surface area contributed by atoms with Gasteiger partial charge in [0.15, 0.2) is 11.0 Å². The van der Waals surface area contributed by atoms with Gasteiger partial charge in [-0.05, 0) is 23.8 Å².